The van der Waals surface area contributed by atoms with E-state index in [-0.39, 0.29) is 0 Å². The van der Waals surface area contributed by atoms with E-state index in [0.717, 1.165) is 38.0 Å². The van der Waals surface area contributed by atoms with E-state index in [1.165, 1.54) is 5.56 Å². The third kappa shape index (κ3) is 3.52. The minimum absolute atomic E-state index is 0.430. The summed E-state index contributed by atoms with van der Waals surface area (Å²) in [4.78, 5) is 0. The van der Waals surface area contributed by atoms with Crippen molar-refractivity contribution in [1.82, 2.24) is 5.32 Å². The van der Waals surface area contributed by atoms with Gasteiger partial charge in [-0.3, -0.25) is 5.32 Å². The van der Waals surface area contributed by atoms with E-state index < -0.39 is 5.54 Å². The van der Waals surface area contributed by atoms with Crippen molar-refractivity contribution < 1.29 is 4.74 Å². The lowest BCUT2D eigenvalue weighted by atomic mass is 9.96. The van der Waals surface area contributed by atoms with Crippen LogP contribution in [0.25, 0.3) is 0 Å². The molecule has 1 N–H and O–H groups in total. The monoisotopic (exact) mass is 272 g/mol. The average molecular weight is 272 g/mol. The topological polar surface area (TPSA) is 45.0 Å². The molecule has 0 aliphatic heterocycles. The molecule has 1 atom stereocenters. The van der Waals surface area contributed by atoms with Gasteiger partial charge in [-0.25, -0.2) is 0 Å². The van der Waals surface area contributed by atoms with E-state index >= 15 is 0 Å². The Bertz CT molecular complexity index is 459. The van der Waals surface area contributed by atoms with E-state index in [1.807, 2.05) is 12.1 Å². The lowest BCUT2D eigenvalue weighted by Gasteiger charge is -2.28. The number of hydrogen-bond donors (Lipinski definition) is 1. The largest absolute Gasteiger partial charge is 0.491 e. The van der Waals surface area contributed by atoms with Gasteiger partial charge in [0.15, 0.2) is 0 Å². The zero-order valence-electron chi connectivity index (χ0n) is 12.5. The highest BCUT2D eigenvalue weighted by Gasteiger charge is 2.46. The van der Waals surface area contributed by atoms with E-state index in [0.29, 0.717) is 12.5 Å². The molecular weight excluding hydrogens is 248 g/mol. The molecule has 0 amide bonds. The highest BCUT2D eigenvalue weighted by Crippen LogP contribution is 2.39. The van der Waals surface area contributed by atoms with Gasteiger partial charge in [-0.15, -0.1) is 0 Å². The van der Waals surface area contributed by atoms with Crippen LogP contribution in [0.4, 0.5) is 0 Å². The number of hydrogen-bond acceptors (Lipinski definition) is 3. The second-order valence-corrected chi connectivity index (χ2v) is 5.57. The Morgan fingerprint density at radius 3 is 2.50 bits per heavy atom. The number of rotatable bonds is 8. The second kappa shape index (κ2) is 6.76. The molecule has 1 aliphatic rings. The Hall–Kier alpha value is -1.53. The average Bonchev–Trinajstić information content (AvgIpc) is 3.34. The fourth-order valence-corrected chi connectivity index (χ4v) is 2.42. The number of benzene rings is 1. The fourth-order valence-electron chi connectivity index (χ4n) is 2.42. The lowest BCUT2D eigenvalue weighted by molar-refractivity contribution is 0.202. The van der Waals surface area contributed by atoms with Crippen LogP contribution in [-0.2, 0) is 6.42 Å². The van der Waals surface area contributed by atoms with Gasteiger partial charge in [0.05, 0.1) is 6.07 Å². The van der Waals surface area contributed by atoms with Crippen LogP contribution < -0.4 is 10.1 Å². The van der Waals surface area contributed by atoms with Crippen LogP contribution >= 0.6 is 0 Å². The fraction of sp³-hybridized carbons (Fsp3) is 0.588. The maximum Gasteiger partial charge on any atom is 0.143 e. The van der Waals surface area contributed by atoms with Crippen LogP contribution in [0.15, 0.2) is 24.3 Å². The minimum atomic E-state index is -0.514. The summed E-state index contributed by atoms with van der Waals surface area (Å²) in [5.74, 6) is 1.29. The van der Waals surface area contributed by atoms with Gasteiger partial charge in [0.1, 0.15) is 17.9 Å². The van der Waals surface area contributed by atoms with Gasteiger partial charge in [0.25, 0.3) is 0 Å². The second-order valence-electron chi connectivity index (χ2n) is 5.57. The molecule has 1 aliphatic carbocycles. The maximum atomic E-state index is 9.58. The molecule has 1 unspecified atom stereocenters. The molecule has 0 aromatic heterocycles. The number of nitriles is 1. The van der Waals surface area contributed by atoms with Crippen molar-refractivity contribution in [2.75, 3.05) is 13.2 Å². The molecule has 0 heterocycles. The first-order valence-electron chi connectivity index (χ1n) is 7.62. The predicted molar refractivity (Wildman–Crippen MR) is 80.7 cm³/mol. The predicted octanol–water partition coefficient (Wildman–Crippen LogP) is 3.30. The summed E-state index contributed by atoms with van der Waals surface area (Å²) < 4.78 is 5.88. The molecule has 1 saturated carbocycles. The van der Waals surface area contributed by atoms with Crippen molar-refractivity contribution in [1.29, 1.82) is 5.26 Å². The zero-order chi connectivity index (χ0) is 14.4. The van der Waals surface area contributed by atoms with Crippen LogP contribution in [-0.4, -0.2) is 18.7 Å². The van der Waals surface area contributed by atoms with Crippen molar-refractivity contribution in [2.24, 2.45) is 5.92 Å². The van der Waals surface area contributed by atoms with Crippen molar-refractivity contribution in [3.63, 3.8) is 0 Å². The van der Waals surface area contributed by atoms with Crippen LogP contribution in [0.2, 0.25) is 0 Å². The van der Waals surface area contributed by atoms with Crippen molar-refractivity contribution in [2.45, 2.75) is 45.1 Å². The molecule has 3 heteroatoms. The first kappa shape index (κ1) is 14.9. The SMILES string of the molecule is CCCNC(C#N)(COc1ccc(CC)cc1)C1CC1. The normalized spacial score (nSPS) is 17.2. The summed E-state index contributed by atoms with van der Waals surface area (Å²) in [5.41, 5.74) is 0.787. The highest BCUT2D eigenvalue weighted by molar-refractivity contribution is 5.28. The number of nitrogens with zero attached hydrogens (tertiary/aromatic N) is 1. The van der Waals surface area contributed by atoms with Crippen molar-refractivity contribution in [3.05, 3.63) is 29.8 Å². The molecule has 1 aromatic carbocycles. The summed E-state index contributed by atoms with van der Waals surface area (Å²) in [6.07, 6.45) is 4.31. The van der Waals surface area contributed by atoms with E-state index in [9.17, 15) is 5.26 Å². The minimum Gasteiger partial charge on any atom is -0.491 e. The standard InChI is InChI=1S/C17H24N2O/c1-3-11-19-17(12-18,15-7-8-15)13-20-16-9-5-14(4-2)6-10-16/h5-6,9-10,15,19H,3-4,7-8,11,13H2,1-2H3. The van der Waals surface area contributed by atoms with Gasteiger partial charge >= 0.3 is 0 Å². The molecule has 108 valence electrons. The summed E-state index contributed by atoms with van der Waals surface area (Å²) in [6, 6.07) is 10.6. The summed E-state index contributed by atoms with van der Waals surface area (Å²) >= 11 is 0. The summed E-state index contributed by atoms with van der Waals surface area (Å²) in [6.45, 7) is 5.55. The Morgan fingerprint density at radius 1 is 1.30 bits per heavy atom. The Balaban J connectivity index is 1.98. The molecule has 0 radical (unpaired) electrons. The first-order chi connectivity index (χ1) is 9.74. The number of nitrogens with one attached hydrogen (secondary N) is 1. The van der Waals surface area contributed by atoms with Gasteiger partial charge in [-0.05, 0) is 55.8 Å². The van der Waals surface area contributed by atoms with Gasteiger partial charge < -0.3 is 4.74 Å². The maximum absolute atomic E-state index is 9.58. The first-order valence-corrected chi connectivity index (χ1v) is 7.62. The molecule has 1 fully saturated rings. The van der Waals surface area contributed by atoms with Crippen LogP contribution in [0, 0.1) is 17.2 Å². The number of ether oxygens (including phenoxy) is 1. The van der Waals surface area contributed by atoms with Gasteiger partial charge in [0.2, 0.25) is 0 Å². The quantitative estimate of drug-likeness (QED) is 0.789. The van der Waals surface area contributed by atoms with Crippen molar-refractivity contribution in [3.8, 4) is 11.8 Å². The number of aryl methyl sites for hydroxylation is 1. The molecule has 2 rings (SSSR count). The lowest BCUT2D eigenvalue weighted by Crippen LogP contribution is -2.51. The molecular formula is C17H24N2O. The third-order valence-corrected chi connectivity index (χ3v) is 3.96. The smallest absolute Gasteiger partial charge is 0.143 e. The summed E-state index contributed by atoms with van der Waals surface area (Å²) in [7, 11) is 0. The molecule has 1 aromatic rings. The summed E-state index contributed by atoms with van der Waals surface area (Å²) in [5, 5.41) is 13.0. The van der Waals surface area contributed by atoms with Crippen molar-refractivity contribution >= 4 is 0 Å². The van der Waals surface area contributed by atoms with Crippen LogP contribution in [0.3, 0.4) is 0 Å². The molecule has 20 heavy (non-hydrogen) atoms. The Kier molecular flexibility index (Phi) is 5.03. The van der Waals surface area contributed by atoms with Gasteiger partial charge in [-0.2, -0.15) is 5.26 Å². The molecule has 0 bridgehead atoms. The Morgan fingerprint density at radius 2 is 2.00 bits per heavy atom. The van der Waals surface area contributed by atoms with Crippen LogP contribution in [0.5, 0.6) is 5.75 Å². The Labute approximate surface area is 121 Å². The molecule has 0 spiro atoms. The zero-order valence-corrected chi connectivity index (χ0v) is 12.5. The van der Waals surface area contributed by atoms with E-state index in [1.54, 1.807) is 0 Å². The highest BCUT2D eigenvalue weighted by atomic mass is 16.5. The van der Waals surface area contributed by atoms with Gasteiger partial charge in [-0.1, -0.05) is 26.0 Å². The molecule has 3 nitrogen and oxygen atoms in total. The van der Waals surface area contributed by atoms with E-state index in [4.69, 9.17) is 4.74 Å². The van der Waals surface area contributed by atoms with E-state index in [2.05, 4.69) is 37.4 Å². The third-order valence-electron chi connectivity index (χ3n) is 3.96. The van der Waals surface area contributed by atoms with Gasteiger partial charge in [0, 0.05) is 0 Å². The van der Waals surface area contributed by atoms with Crippen LogP contribution in [0.1, 0.15) is 38.7 Å². The molecule has 0 saturated heterocycles.